The van der Waals surface area contributed by atoms with E-state index in [-0.39, 0.29) is 0 Å². The molecule has 0 aliphatic heterocycles. The van der Waals surface area contributed by atoms with E-state index >= 15 is 0 Å². The molecule has 2 heteroatoms. The van der Waals surface area contributed by atoms with Crippen LogP contribution in [0.3, 0.4) is 0 Å². The molecule has 0 bridgehead atoms. The van der Waals surface area contributed by atoms with Gasteiger partial charge in [-0.2, -0.15) is 0 Å². The average molecular weight is 269 g/mol. The molecule has 0 aromatic heterocycles. The Kier molecular flexibility index (Phi) is 5.19. The fourth-order valence-corrected chi connectivity index (χ4v) is 1.93. The number of rotatable bonds is 6. The van der Waals surface area contributed by atoms with Gasteiger partial charge in [0.15, 0.2) is 0 Å². The quantitative estimate of drug-likeness (QED) is 0.851. The first-order chi connectivity index (χ1) is 9.72. The summed E-state index contributed by atoms with van der Waals surface area (Å²) in [5.74, 6) is 1.53. The first-order valence-corrected chi connectivity index (χ1v) is 7.25. The molecule has 106 valence electrons. The maximum atomic E-state index is 5.77. The Balaban J connectivity index is 2.03. The summed E-state index contributed by atoms with van der Waals surface area (Å²) in [6.07, 6.45) is 1.14. The van der Waals surface area contributed by atoms with Gasteiger partial charge in [0.05, 0.1) is 6.61 Å². The van der Waals surface area contributed by atoms with Crippen molar-refractivity contribution in [1.29, 1.82) is 0 Å². The Hall–Kier alpha value is -1.80. The van der Waals surface area contributed by atoms with Crippen LogP contribution >= 0.6 is 0 Å². The van der Waals surface area contributed by atoms with Crippen molar-refractivity contribution in [3.63, 3.8) is 0 Å². The second-order valence-electron chi connectivity index (χ2n) is 5.25. The van der Waals surface area contributed by atoms with Crippen molar-refractivity contribution in [1.82, 2.24) is 0 Å². The second kappa shape index (κ2) is 7.11. The van der Waals surface area contributed by atoms with Gasteiger partial charge in [0, 0.05) is 6.54 Å². The van der Waals surface area contributed by atoms with Crippen molar-refractivity contribution in [3.8, 4) is 16.9 Å². The van der Waals surface area contributed by atoms with Crippen molar-refractivity contribution >= 4 is 0 Å². The largest absolute Gasteiger partial charge is 0.493 e. The zero-order chi connectivity index (χ0) is 14.4. The molecule has 0 saturated heterocycles. The molecule has 0 amide bonds. The van der Waals surface area contributed by atoms with Gasteiger partial charge in [0.1, 0.15) is 5.75 Å². The van der Waals surface area contributed by atoms with E-state index in [9.17, 15) is 0 Å². The van der Waals surface area contributed by atoms with Gasteiger partial charge in [-0.25, -0.2) is 0 Å². The Morgan fingerprint density at radius 3 is 2.00 bits per heavy atom. The fraction of sp³-hybridized carbons (Fsp3) is 0.333. The second-order valence-corrected chi connectivity index (χ2v) is 5.25. The maximum absolute atomic E-state index is 5.77. The SMILES string of the molecule is CCC(C)COc1ccc(-c2ccc(CN)cc2)cc1. The van der Waals surface area contributed by atoms with Crippen LogP contribution < -0.4 is 10.5 Å². The summed E-state index contributed by atoms with van der Waals surface area (Å²) in [7, 11) is 0. The van der Waals surface area contributed by atoms with Crippen LogP contribution in [0.5, 0.6) is 5.75 Å². The molecular weight excluding hydrogens is 246 g/mol. The highest BCUT2D eigenvalue weighted by Gasteiger charge is 2.02. The van der Waals surface area contributed by atoms with Crippen molar-refractivity contribution in [3.05, 3.63) is 54.1 Å². The van der Waals surface area contributed by atoms with Crippen molar-refractivity contribution in [2.24, 2.45) is 11.7 Å². The summed E-state index contributed by atoms with van der Waals surface area (Å²) >= 11 is 0. The third-order valence-corrected chi connectivity index (χ3v) is 3.61. The maximum Gasteiger partial charge on any atom is 0.119 e. The molecule has 0 radical (unpaired) electrons. The monoisotopic (exact) mass is 269 g/mol. The van der Waals surface area contributed by atoms with Gasteiger partial charge in [-0.1, -0.05) is 56.7 Å². The van der Waals surface area contributed by atoms with Crippen LogP contribution in [0.2, 0.25) is 0 Å². The zero-order valence-electron chi connectivity index (χ0n) is 12.3. The molecule has 2 N–H and O–H groups in total. The lowest BCUT2D eigenvalue weighted by Crippen LogP contribution is -2.06. The lowest BCUT2D eigenvalue weighted by Gasteiger charge is -2.11. The minimum absolute atomic E-state index is 0.586. The Labute approximate surface area is 121 Å². The minimum Gasteiger partial charge on any atom is -0.493 e. The highest BCUT2D eigenvalue weighted by molar-refractivity contribution is 5.64. The number of benzene rings is 2. The number of hydrogen-bond donors (Lipinski definition) is 1. The molecular formula is C18H23NO. The number of nitrogens with two attached hydrogens (primary N) is 1. The lowest BCUT2D eigenvalue weighted by molar-refractivity contribution is 0.256. The standard InChI is InChI=1S/C18H23NO/c1-3-14(2)13-20-18-10-8-17(9-11-18)16-6-4-15(12-19)5-7-16/h4-11,14H,3,12-13,19H2,1-2H3. The first kappa shape index (κ1) is 14.6. The van der Waals surface area contributed by atoms with Crippen LogP contribution in [-0.2, 0) is 6.54 Å². The third kappa shape index (κ3) is 3.84. The van der Waals surface area contributed by atoms with Crippen LogP contribution in [0.4, 0.5) is 0 Å². The van der Waals surface area contributed by atoms with Gasteiger partial charge in [-0.05, 0) is 34.7 Å². The van der Waals surface area contributed by atoms with E-state index in [1.165, 1.54) is 11.1 Å². The summed E-state index contributed by atoms with van der Waals surface area (Å²) in [4.78, 5) is 0. The Morgan fingerprint density at radius 1 is 0.950 bits per heavy atom. The van der Waals surface area contributed by atoms with Gasteiger partial charge in [0.2, 0.25) is 0 Å². The molecule has 1 unspecified atom stereocenters. The Morgan fingerprint density at radius 2 is 1.50 bits per heavy atom. The van der Waals surface area contributed by atoms with Crippen molar-refractivity contribution < 1.29 is 4.74 Å². The van der Waals surface area contributed by atoms with Gasteiger partial charge < -0.3 is 10.5 Å². The number of hydrogen-bond acceptors (Lipinski definition) is 2. The smallest absolute Gasteiger partial charge is 0.119 e. The summed E-state index contributed by atoms with van der Waals surface area (Å²) in [5, 5.41) is 0. The van der Waals surface area contributed by atoms with Gasteiger partial charge in [0.25, 0.3) is 0 Å². The number of ether oxygens (including phenoxy) is 1. The van der Waals surface area contributed by atoms with Crippen LogP contribution in [0.25, 0.3) is 11.1 Å². The molecule has 0 spiro atoms. The highest BCUT2D eigenvalue weighted by atomic mass is 16.5. The molecule has 0 saturated carbocycles. The normalized spacial score (nSPS) is 12.2. The van der Waals surface area contributed by atoms with Crippen molar-refractivity contribution in [2.45, 2.75) is 26.8 Å². The van der Waals surface area contributed by atoms with Crippen LogP contribution in [0, 0.1) is 5.92 Å². The van der Waals surface area contributed by atoms with E-state index in [4.69, 9.17) is 10.5 Å². The van der Waals surface area contributed by atoms with Gasteiger partial charge >= 0.3 is 0 Å². The van der Waals surface area contributed by atoms with Crippen LogP contribution in [0.1, 0.15) is 25.8 Å². The summed E-state index contributed by atoms with van der Waals surface area (Å²) in [6.45, 7) is 5.75. The predicted octanol–water partition coefficient (Wildman–Crippen LogP) is 4.24. The Bertz CT molecular complexity index is 516. The third-order valence-electron chi connectivity index (χ3n) is 3.61. The molecule has 2 rings (SSSR count). The molecule has 2 nitrogen and oxygen atoms in total. The molecule has 20 heavy (non-hydrogen) atoms. The van der Waals surface area contributed by atoms with E-state index in [0.717, 1.165) is 24.3 Å². The van der Waals surface area contributed by atoms with Crippen LogP contribution in [-0.4, -0.2) is 6.61 Å². The molecule has 0 aliphatic rings. The molecule has 2 aromatic carbocycles. The molecule has 1 atom stereocenters. The summed E-state index contributed by atoms with van der Waals surface area (Å²) in [5.41, 5.74) is 9.17. The molecule has 2 aromatic rings. The predicted molar refractivity (Wildman–Crippen MR) is 84.7 cm³/mol. The van der Waals surface area contributed by atoms with Gasteiger partial charge in [-0.3, -0.25) is 0 Å². The fourth-order valence-electron chi connectivity index (χ4n) is 1.93. The summed E-state index contributed by atoms with van der Waals surface area (Å²) < 4.78 is 5.77. The van der Waals surface area contributed by atoms with Crippen molar-refractivity contribution in [2.75, 3.05) is 6.61 Å². The first-order valence-electron chi connectivity index (χ1n) is 7.25. The van der Waals surface area contributed by atoms with Gasteiger partial charge in [-0.15, -0.1) is 0 Å². The minimum atomic E-state index is 0.586. The van der Waals surface area contributed by atoms with E-state index < -0.39 is 0 Å². The van der Waals surface area contributed by atoms with E-state index in [2.05, 4.69) is 50.2 Å². The highest BCUT2D eigenvalue weighted by Crippen LogP contribution is 2.23. The summed E-state index contributed by atoms with van der Waals surface area (Å²) in [6, 6.07) is 16.6. The molecule has 0 aliphatic carbocycles. The zero-order valence-corrected chi connectivity index (χ0v) is 12.3. The molecule has 0 fully saturated rings. The molecule has 0 heterocycles. The van der Waals surface area contributed by atoms with E-state index in [0.29, 0.717) is 12.5 Å². The van der Waals surface area contributed by atoms with Crippen LogP contribution in [0.15, 0.2) is 48.5 Å². The van der Waals surface area contributed by atoms with E-state index in [1.54, 1.807) is 0 Å². The lowest BCUT2D eigenvalue weighted by atomic mass is 10.0. The topological polar surface area (TPSA) is 35.2 Å². The van der Waals surface area contributed by atoms with E-state index in [1.807, 2.05) is 12.1 Å². The average Bonchev–Trinajstić information content (AvgIpc) is 2.53.